The third-order valence-electron chi connectivity index (χ3n) is 4.96. The molecule has 1 aromatic carbocycles. The number of benzene rings is 1. The van der Waals surface area contributed by atoms with Crippen molar-refractivity contribution in [1.29, 1.82) is 0 Å². The maximum atomic E-state index is 5.49. The van der Waals surface area contributed by atoms with Gasteiger partial charge in [-0.1, -0.05) is 18.2 Å². The van der Waals surface area contributed by atoms with Crippen LogP contribution in [0.4, 0.5) is 0 Å². The monoisotopic (exact) mass is 274 g/mol. The molecule has 0 radical (unpaired) electrons. The van der Waals surface area contributed by atoms with Gasteiger partial charge in [-0.2, -0.15) is 0 Å². The zero-order chi connectivity index (χ0) is 14.0. The quantitative estimate of drug-likeness (QED) is 0.842. The molecule has 3 heteroatoms. The van der Waals surface area contributed by atoms with E-state index in [1.807, 2.05) is 6.07 Å². The Morgan fingerprint density at radius 3 is 2.75 bits per heavy atom. The van der Waals surface area contributed by atoms with Crippen molar-refractivity contribution in [3.05, 3.63) is 29.8 Å². The van der Waals surface area contributed by atoms with Crippen LogP contribution < -0.4 is 4.74 Å². The van der Waals surface area contributed by atoms with E-state index >= 15 is 0 Å². The summed E-state index contributed by atoms with van der Waals surface area (Å²) in [7, 11) is 4.02. The first-order valence-corrected chi connectivity index (χ1v) is 7.74. The molecule has 1 atom stereocenters. The van der Waals surface area contributed by atoms with Crippen molar-refractivity contribution in [2.45, 2.75) is 25.8 Å². The van der Waals surface area contributed by atoms with Crippen LogP contribution in [-0.2, 0) is 6.54 Å². The molecular formula is C17H26N2O. The second kappa shape index (κ2) is 5.74. The molecule has 2 fully saturated rings. The highest BCUT2D eigenvalue weighted by Gasteiger charge is 2.40. The number of nitrogens with zero attached hydrogens (tertiary/aromatic N) is 2. The predicted octanol–water partition coefficient (Wildman–Crippen LogP) is 2.61. The number of likely N-dealkylation sites (tertiary alicyclic amines) is 2. The Morgan fingerprint density at radius 1 is 1.15 bits per heavy atom. The normalized spacial score (nSPS) is 28.1. The Balaban J connectivity index is 1.68. The van der Waals surface area contributed by atoms with E-state index in [0.29, 0.717) is 5.41 Å². The zero-order valence-corrected chi connectivity index (χ0v) is 12.8. The largest absolute Gasteiger partial charge is 0.496 e. The average Bonchev–Trinajstić information content (AvgIpc) is 2.80. The number of hydrogen-bond acceptors (Lipinski definition) is 3. The molecule has 0 amide bonds. The van der Waals surface area contributed by atoms with Gasteiger partial charge in [-0.05, 0) is 50.9 Å². The summed E-state index contributed by atoms with van der Waals surface area (Å²) in [4.78, 5) is 5.12. The molecule has 3 rings (SSSR count). The molecule has 1 aromatic rings. The second-order valence-electron chi connectivity index (χ2n) is 6.61. The third-order valence-corrected chi connectivity index (χ3v) is 4.96. The molecule has 0 bridgehead atoms. The van der Waals surface area contributed by atoms with E-state index in [4.69, 9.17) is 4.74 Å². The molecule has 3 nitrogen and oxygen atoms in total. The summed E-state index contributed by atoms with van der Waals surface area (Å²) in [5, 5.41) is 0. The van der Waals surface area contributed by atoms with Crippen LogP contribution >= 0.6 is 0 Å². The third kappa shape index (κ3) is 2.84. The smallest absolute Gasteiger partial charge is 0.123 e. The molecule has 1 spiro atoms. The van der Waals surface area contributed by atoms with Crippen LogP contribution in [-0.4, -0.2) is 50.1 Å². The summed E-state index contributed by atoms with van der Waals surface area (Å²) < 4.78 is 5.49. The van der Waals surface area contributed by atoms with Crippen LogP contribution in [0.15, 0.2) is 24.3 Å². The van der Waals surface area contributed by atoms with Crippen molar-refractivity contribution in [3.8, 4) is 5.75 Å². The lowest BCUT2D eigenvalue weighted by atomic mass is 9.79. The molecular weight excluding hydrogens is 248 g/mol. The van der Waals surface area contributed by atoms with Crippen molar-refractivity contribution in [2.24, 2.45) is 5.41 Å². The first-order chi connectivity index (χ1) is 9.71. The first-order valence-electron chi connectivity index (χ1n) is 7.74. The van der Waals surface area contributed by atoms with E-state index in [-0.39, 0.29) is 0 Å². The highest BCUT2D eigenvalue weighted by atomic mass is 16.5. The summed E-state index contributed by atoms with van der Waals surface area (Å²) in [6, 6.07) is 8.42. The highest BCUT2D eigenvalue weighted by molar-refractivity contribution is 5.33. The molecule has 0 aliphatic carbocycles. The van der Waals surface area contributed by atoms with E-state index in [1.165, 1.54) is 51.0 Å². The minimum Gasteiger partial charge on any atom is -0.496 e. The maximum Gasteiger partial charge on any atom is 0.123 e. The van der Waals surface area contributed by atoms with Gasteiger partial charge < -0.3 is 9.64 Å². The van der Waals surface area contributed by atoms with Gasteiger partial charge in [0.05, 0.1) is 7.11 Å². The standard InChI is InChI=1S/C17H26N2O/c1-18-11-9-17(13-18)8-5-10-19(14-17)12-15-6-3-4-7-16(15)20-2/h3-4,6-7H,5,8-14H2,1-2H3. The molecule has 0 saturated carbocycles. The lowest BCUT2D eigenvalue weighted by molar-refractivity contribution is 0.0893. The van der Waals surface area contributed by atoms with Crippen LogP contribution in [0, 0.1) is 5.41 Å². The fraction of sp³-hybridized carbons (Fsp3) is 0.647. The van der Waals surface area contributed by atoms with Crippen LogP contribution in [0.25, 0.3) is 0 Å². The first kappa shape index (κ1) is 13.9. The van der Waals surface area contributed by atoms with Gasteiger partial charge in [0.15, 0.2) is 0 Å². The number of piperidine rings is 1. The lowest BCUT2D eigenvalue weighted by Gasteiger charge is -2.40. The topological polar surface area (TPSA) is 15.7 Å². The van der Waals surface area contributed by atoms with Gasteiger partial charge in [0.2, 0.25) is 0 Å². The lowest BCUT2D eigenvalue weighted by Crippen LogP contribution is -2.44. The molecule has 1 unspecified atom stereocenters. The predicted molar refractivity (Wildman–Crippen MR) is 82.1 cm³/mol. The van der Waals surface area contributed by atoms with E-state index in [2.05, 4.69) is 35.0 Å². The molecule has 20 heavy (non-hydrogen) atoms. The van der Waals surface area contributed by atoms with Crippen molar-refractivity contribution < 1.29 is 4.74 Å². The molecule has 0 N–H and O–H groups in total. The Bertz CT molecular complexity index is 458. The van der Waals surface area contributed by atoms with Gasteiger partial charge in [0.1, 0.15) is 5.75 Å². The maximum absolute atomic E-state index is 5.49. The number of para-hydroxylation sites is 1. The minimum atomic E-state index is 0.551. The van der Waals surface area contributed by atoms with Crippen molar-refractivity contribution in [1.82, 2.24) is 9.80 Å². The van der Waals surface area contributed by atoms with E-state index in [1.54, 1.807) is 7.11 Å². The Kier molecular flexibility index (Phi) is 3.99. The second-order valence-corrected chi connectivity index (χ2v) is 6.61. The van der Waals surface area contributed by atoms with Crippen molar-refractivity contribution >= 4 is 0 Å². The van der Waals surface area contributed by atoms with Gasteiger partial charge in [-0.3, -0.25) is 4.90 Å². The summed E-state index contributed by atoms with van der Waals surface area (Å²) in [6.07, 6.45) is 4.11. The zero-order valence-electron chi connectivity index (χ0n) is 12.8. The summed E-state index contributed by atoms with van der Waals surface area (Å²) in [5.74, 6) is 1.02. The average molecular weight is 274 g/mol. The van der Waals surface area contributed by atoms with Crippen molar-refractivity contribution in [2.75, 3.05) is 40.3 Å². The number of ether oxygens (including phenoxy) is 1. The summed E-state index contributed by atoms with van der Waals surface area (Å²) >= 11 is 0. The van der Waals surface area contributed by atoms with Gasteiger partial charge in [0, 0.05) is 25.2 Å². The van der Waals surface area contributed by atoms with Gasteiger partial charge >= 0.3 is 0 Å². The fourth-order valence-corrected chi connectivity index (χ4v) is 4.01. The molecule has 2 aliphatic rings. The molecule has 2 saturated heterocycles. The van der Waals surface area contributed by atoms with Crippen LogP contribution in [0.3, 0.4) is 0 Å². The SMILES string of the molecule is COc1ccccc1CN1CCCC2(CCN(C)C2)C1. The number of methoxy groups -OCH3 is 1. The number of hydrogen-bond donors (Lipinski definition) is 0. The molecule has 2 heterocycles. The molecule has 0 aromatic heterocycles. The Hall–Kier alpha value is -1.06. The van der Waals surface area contributed by atoms with Crippen LogP contribution in [0.5, 0.6) is 5.75 Å². The Morgan fingerprint density at radius 2 is 2.00 bits per heavy atom. The number of rotatable bonds is 3. The summed E-state index contributed by atoms with van der Waals surface area (Å²) in [5.41, 5.74) is 1.87. The minimum absolute atomic E-state index is 0.551. The van der Waals surface area contributed by atoms with Crippen LogP contribution in [0.2, 0.25) is 0 Å². The van der Waals surface area contributed by atoms with Gasteiger partial charge in [-0.25, -0.2) is 0 Å². The Labute approximate surface area is 122 Å². The fourth-order valence-electron chi connectivity index (χ4n) is 4.01. The molecule has 110 valence electrons. The van der Waals surface area contributed by atoms with E-state index in [9.17, 15) is 0 Å². The van der Waals surface area contributed by atoms with Gasteiger partial charge in [-0.15, -0.1) is 0 Å². The molecule has 2 aliphatic heterocycles. The van der Waals surface area contributed by atoms with Crippen LogP contribution in [0.1, 0.15) is 24.8 Å². The van der Waals surface area contributed by atoms with E-state index in [0.717, 1.165) is 12.3 Å². The van der Waals surface area contributed by atoms with Crippen molar-refractivity contribution in [3.63, 3.8) is 0 Å². The van der Waals surface area contributed by atoms with Gasteiger partial charge in [0.25, 0.3) is 0 Å². The summed E-state index contributed by atoms with van der Waals surface area (Å²) in [6.45, 7) is 6.03. The van der Waals surface area contributed by atoms with E-state index < -0.39 is 0 Å². The highest BCUT2D eigenvalue weighted by Crippen LogP contribution is 2.39.